The molecule has 1 aliphatic rings. The standard InChI is InChI=1S/C14H19ClN2O2/c15-11-7-9(14(16)19)5-6-10(11)8-17-12-3-1-2-4-13(12)18/h5-7,12-13,17-18H,1-4,8H2,(H2,16,19). The highest BCUT2D eigenvalue weighted by Crippen LogP contribution is 2.21. The number of primary amides is 1. The van der Waals surface area contributed by atoms with Crippen molar-refractivity contribution in [3.8, 4) is 0 Å². The minimum atomic E-state index is -0.482. The maximum absolute atomic E-state index is 11.0. The molecular weight excluding hydrogens is 264 g/mol. The van der Waals surface area contributed by atoms with Crippen LogP contribution in [0.1, 0.15) is 41.6 Å². The lowest BCUT2D eigenvalue weighted by Gasteiger charge is -2.28. The van der Waals surface area contributed by atoms with E-state index in [4.69, 9.17) is 17.3 Å². The Balaban J connectivity index is 1.97. The summed E-state index contributed by atoms with van der Waals surface area (Å²) in [7, 11) is 0. The first kappa shape index (κ1) is 14.3. The van der Waals surface area contributed by atoms with Gasteiger partial charge in [0.1, 0.15) is 0 Å². The van der Waals surface area contributed by atoms with Gasteiger partial charge in [0, 0.05) is 23.2 Å². The first-order chi connectivity index (χ1) is 9.08. The molecule has 1 amide bonds. The summed E-state index contributed by atoms with van der Waals surface area (Å²) in [6.07, 6.45) is 3.79. The molecule has 1 aromatic rings. The Bertz CT molecular complexity index is 465. The van der Waals surface area contributed by atoms with Crippen molar-refractivity contribution in [2.24, 2.45) is 5.73 Å². The number of carbonyl (C=O) groups is 1. The van der Waals surface area contributed by atoms with Crippen LogP contribution in [0.3, 0.4) is 0 Å². The van der Waals surface area contributed by atoms with Gasteiger partial charge in [-0.2, -0.15) is 0 Å². The van der Waals surface area contributed by atoms with Crippen molar-refractivity contribution >= 4 is 17.5 Å². The number of hydrogen-bond donors (Lipinski definition) is 3. The molecule has 1 saturated carbocycles. The highest BCUT2D eigenvalue weighted by Gasteiger charge is 2.22. The average molecular weight is 283 g/mol. The monoisotopic (exact) mass is 282 g/mol. The van der Waals surface area contributed by atoms with Crippen LogP contribution in [0.15, 0.2) is 18.2 Å². The van der Waals surface area contributed by atoms with Crippen molar-refractivity contribution in [3.63, 3.8) is 0 Å². The fourth-order valence-corrected chi connectivity index (χ4v) is 2.68. The van der Waals surface area contributed by atoms with Crippen LogP contribution in [0.25, 0.3) is 0 Å². The lowest BCUT2D eigenvalue weighted by atomic mass is 9.92. The van der Waals surface area contributed by atoms with Crippen LogP contribution in [0.2, 0.25) is 5.02 Å². The molecule has 0 saturated heterocycles. The zero-order valence-electron chi connectivity index (χ0n) is 10.7. The highest BCUT2D eigenvalue weighted by molar-refractivity contribution is 6.31. The van der Waals surface area contributed by atoms with Crippen LogP contribution in [0, 0.1) is 0 Å². The van der Waals surface area contributed by atoms with Gasteiger partial charge < -0.3 is 16.2 Å². The van der Waals surface area contributed by atoms with Crippen molar-refractivity contribution in [1.29, 1.82) is 0 Å². The molecule has 104 valence electrons. The Labute approximate surface area is 117 Å². The van der Waals surface area contributed by atoms with E-state index in [1.54, 1.807) is 18.2 Å². The van der Waals surface area contributed by atoms with E-state index in [2.05, 4.69) is 5.32 Å². The van der Waals surface area contributed by atoms with Gasteiger partial charge in [0.15, 0.2) is 0 Å². The van der Waals surface area contributed by atoms with E-state index in [-0.39, 0.29) is 12.1 Å². The number of benzene rings is 1. The molecule has 2 rings (SSSR count). The smallest absolute Gasteiger partial charge is 0.248 e. The summed E-state index contributed by atoms with van der Waals surface area (Å²) in [6, 6.07) is 5.17. The van der Waals surface area contributed by atoms with E-state index in [0.717, 1.165) is 31.2 Å². The molecule has 5 heteroatoms. The van der Waals surface area contributed by atoms with Crippen molar-refractivity contribution in [2.45, 2.75) is 44.4 Å². The van der Waals surface area contributed by atoms with Gasteiger partial charge in [0.25, 0.3) is 0 Å². The molecule has 1 aromatic carbocycles. The molecule has 0 aliphatic heterocycles. The van der Waals surface area contributed by atoms with Gasteiger partial charge in [0.05, 0.1) is 6.10 Å². The molecule has 2 atom stereocenters. The first-order valence-electron chi connectivity index (χ1n) is 6.57. The minimum absolute atomic E-state index is 0.126. The Kier molecular flexibility index (Phi) is 4.80. The molecule has 19 heavy (non-hydrogen) atoms. The van der Waals surface area contributed by atoms with Crippen LogP contribution in [0.4, 0.5) is 0 Å². The number of halogens is 1. The SMILES string of the molecule is NC(=O)c1ccc(CNC2CCCCC2O)c(Cl)c1. The van der Waals surface area contributed by atoms with Gasteiger partial charge in [-0.3, -0.25) is 4.79 Å². The van der Waals surface area contributed by atoms with Crippen LogP contribution >= 0.6 is 11.6 Å². The summed E-state index contributed by atoms with van der Waals surface area (Å²) in [5, 5.41) is 13.7. The molecule has 0 spiro atoms. The molecule has 2 unspecified atom stereocenters. The highest BCUT2D eigenvalue weighted by atomic mass is 35.5. The fraction of sp³-hybridized carbons (Fsp3) is 0.500. The van der Waals surface area contributed by atoms with Crippen LogP contribution in [0.5, 0.6) is 0 Å². The van der Waals surface area contributed by atoms with Crippen molar-refractivity contribution in [2.75, 3.05) is 0 Å². The lowest BCUT2D eigenvalue weighted by Crippen LogP contribution is -2.41. The van der Waals surface area contributed by atoms with Gasteiger partial charge in [-0.15, -0.1) is 0 Å². The Morgan fingerprint density at radius 3 is 2.79 bits per heavy atom. The third kappa shape index (κ3) is 3.69. The summed E-state index contributed by atoms with van der Waals surface area (Å²) in [5.41, 5.74) is 6.51. The van der Waals surface area contributed by atoms with E-state index in [0.29, 0.717) is 17.1 Å². The van der Waals surface area contributed by atoms with Gasteiger partial charge >= 0.3 is 0 Å². The molecule has 4 nitrogen and oxygen atoms in total. The molecule has 0 bridgehead atoms. The predicted octanol–water partition coefficient (Wildman–Crippen LogP) is 1.83. The lowest BCUT2D eigenvalue weighted by molar-refractivity contribution is 0.0902. The van der Waals surface area contributed by atoms with E-state index in [9.17, 15) is 9.90 Å². The third-order valence-corrected chi connectivity index (χ3v) is 3.97. The van der Waals surface area contributed by atoms with E-state index in [1.807, 2.05) is 0 Å². The Morgan fingerprint density at radius 1 is 1.42 bits per heavy atom. The average Bonchev–Trinajstić information content (AvgIpc) is 2.39. The van der Waals surface area contributed by atoms with Gasteiger partial charge in [-0.1, -0.05) is 30.5 Å². The van der Waals surface area contributed by atoms with Gasteiger partial charge in [-0.25, -0.2) is 0 Å². The van der Waals surface area contributed by atoms with E-state index in [1.165, 1.54) is 0 Å². The molecule has 4 N–H and O–H groups in total. The quantitative estimate of drug-likeness (QED) is 0.789. The van der Waals surface area contributed by atoms with Crippen LogP contribution in [-0.2, 0) is 6.54 Å². The van der Waals surface area contributed by atoms with Crippen molar-refractivity contribution < 1.29 is 9.90 Å². The predicted molar refractivity (Wildman–Crippen MR) is 75.1 cm³/mol. The molecule has 1 aliphatic carbocycles. The molecule has 1 fully saturated rings. The summed E-state index contributed by atoms with van der Waals surface area (Å²) in [4.78, 5) is 11.0. The normalized spacial score (nSPS) is 23.3. The summed E-state index contributed by atoms with van der Waals surface area (Å²) < 4.78 is 0. The number of nitrogens with two attached hydrogens (primary N) is 1. The maximum Gasteiger partial charge on any atom is 0.248 e. The summed E-state index contributed by atoms with van der Waals surface area (Å²) >= 11 is 6.12. The molecule has 0 heterocycles. The van der Waals surface area contributed by atoms with E-state index < -0.39 is 5.91 Å². The second-order valence-corrected chi connectivity index (χ2v) is 5.42. The third-order valence-electron chi connectivity index (χ3n) is 3.62. The summed E-state index contributed by atoms with van der Waals surface area (Å²) in [6.45, 7) is 0.583. The fourth-order valence-electron chi connectivity index (χ4n) is 2.43. The molecule has 0 aromatic heterocycles. The van der Waals surface area contributed by atoms with Crippen molar-refractivity contribution in [1.82, 2.24) is 5.32 Å². The van der Waals surface area contributed by atoms with Gasteiger partial charge in [-0.05, 0) is 30.5 Å². The van der Waals surface area contributed by atoms with E-state index >= 15 is 0 Å². The number of aliphatic hydroxyl groups is 1. The second kappa shape index (κ2) is 6.37. The zero-order chi connectivity index (χ0) is 13.8. The van der Waals surface area contributed by atoms with Crippen molar-refractivity contribution in [3.05, 3.63) is 34.3 Å². The topological polar surface area (TPSA) is 75.4 Å². The number of amides is 1. The maximum atomic E-state index is 11.0. The number of nitrogens with one attached hydrogen (secondary N) is 1. The zero-order valence-corrected chi connectivity index (χ0v) is 11.5. The summed E-state index contributed by atoms with van der Waals surface area (Å²) in [5.74, 6) is -0.482. The Morgan fingerprint density at radius 2 is 2.16 bits per heavy atom. The number of rotatable bonds is 4. The Hall–Kier alpha value is -1.10. The van der Waals surface area contributed by atoms with Gasteiger partial charge in [0.2, 0.25) is 5.91 Å². The minimum Gasteiger partial charge on any atom is -0.392 e. The number of aliphatic hydroxyl groups excluding tert-OH is 1. The van der Waals surface area contributed by atoms with Crippen LogP contribution in [-0.4, -0.2) is 23.2 Å². The molecular formula is C14H19ClN2O2. The number of hydrogen-bond acceptors (Lipinski definition) is 3. The number of carbonyl (C=O) groups excluding carboxylic acids is 1. The second-order valence-electron chi connectivity index (χ2n) is 5.01. The largest absolute Gasteiger partial charge is 0.392 e. The first-order valence-corrected chi connectivity index (χ1v) is 6.95. The van der Waals surface area contributed by atoms with Crippen LogP contribution < -0.4 is 11.1 Å². The molecule has 0 radical (unpaired) electrons.